The Kier molecular flexibility index (Phi) is 12.0. The Hall–Kier alpha value is -1.35. The highest BCUT2D eigenvalue weighted by molar-refractivity contribution is 5.81. The van der Waals surface area contributed by atoms with Crippen LogP contribution in [-0.2, 0) is 4.74 Å². The molecule has 1 atom stereocenters. The van der Waals surface area contributed by atoms with E-state index in [9.17, 15) is 9.90 Å². The zero-order valence-corrected chi connectivity index (χ0v) is 14.2. The van der Waals surface area contributed by atoms with Crippen molar-refractivity contribution in [1.82, 2.24) is 0 Å². The molecule has 0 radical (unpaired) electrons. The van der Waals surface area contributed by atoms with Crippen LogP contribution in [0.1, 0.15) is 61.7 Å². The first-order valence-corrected chi connectivity index (χ1v) is 7.34. The van der Waals surface area contributed by atoms with Gasteiger partial charge in [-0.1, -0.05) is 33.8 Å². The van der Waals surface area contributed by atoms with Gasteiger partial charge in [-0.2, -0.15) is 0 Å². The highest BCUT2D eigenvalue weighted by Crippen LogP contribution is 2.26. The second-order valence-corrected chi connectivity index (χ2v) is 4.16. The van der Waals surface area contributed by atoms with Gasteiger partial charge in [-0.15, -0.1) is 0 Å². The highest BCUT2D eigenvalue weighted by atomic mass is 16.6. The van der Waals surface area contributed by atoms with Crippen molar-refractivity contribution in [1.29, 1.82) is 0 Å². The molecule has 1 heterocycles. The number of aryl methyl sites for hydroxylation is 2. The molecule has 1 aromatic rings. The molecule has 0 amide bonds. The molecule has 0 bridgehead atoms. The number of phenolic OH excluding ortho intramolecular Hbond substituents is 1. The van der Waals surface area contributed by atoms with Crippen LogP contribution in [0.3, 0.4) is 0 Å². The molecular weight excluding hydrogens is 252 g/mol. The van der Waals surface area contributed by atoms with Gasteiger partial charge in [0.15, 0.2) is 6.29 Å². The molecule has 0 saturated carbocycles. The molecule has 1 aliphatic heterocycles. The molecule has 3 nitrogen and oxygen atoms in total. The summed E-state index contributed by atoms with van der Waals surface area (Å²) in [4.78, 5) is 10.6. The highest BCUT2D eigenvalue weighted by Gasteiger charge is 2.13. The summed E-state index contributed by atoms with van der Waals surface area (Å²) >= 11 is 0. The molecular formula is C17H30O3. The van der Waals surface area contributed by atoms with E-state index in [0.717, 1.165) is 24.0 Å². The van der Waals surface area contributed by atoms with Crippen molar-refractivity contribution in [2.75, 3.05) is 6.61 Å². The third kappa shape index (κ3) is 7.29. The molecule has 2 rings (SSSR count). The average molecular weight is 282 g/mol. The van der Waals surface area contributed by atoms with E-state index in [2.05, 4.69) is 6.92 Å². The topological polar surface area (TPSA) is 49.8 Å². The van der Waals surface area contributed by atoms with Gasteiger partial charge in [0.25, 0.3) is 0 Å². The maximum Gasteiger partial charge on any atom is 0.150 e. The lowest BCUT2D eigenvalue weighted by Crippen LogP contribution is -1.93. The minimum atomic E-state index is 0.225. The summed E-state index contributed by atoms with van der Waals surface area (Å²) in [5, 5.41) is 9.48. The number of carbonyl (C=O) groups is 1. The summed E-state index contributed by atoms with van der Waals surface area (Å²) < 4.78 is 4.71. The number of benzene rings is 1. The Morgan fingerprint density at radius 3 is 1.85 bits per heavy atom. The summed E-state index contributed by atoms with van der Waals surface area (Å²) in [6.07, 6.45) is 1.36. The van der Waals surface area contributed by atoms with Crippen LogP contribution in [0.4, 0.5) is 0 Å². The second-order valence-electron chi connectivity index (χ2n) is 4.16. The fraction of sp³-hybridized carbons (Fsp3) is 0.588. The molecule has 20 heavy (non-hydrogen) atoms. The Bertz CT molecular complexity index is 394. The Balaban J connectivity index is 0. The van der Waals surface area contributed by atoms with E-state index in [1.165, 1.54) is 0 Å². The smallest absolute Gasteiger partial charge is 0.150 e. The van der Waals surface area contributed by atoms with Crippen LogP contribution in [0.15, 0.2) is 6.07 Å². The molecule has 1 saturated heterocycles. The van der Waals surface area contributed by atoms with Crippen molar-refractivity contribution in [3.8, 4) is 5.75 Å². The number of epoxide rings is 1. The summed E-state index contributed by atoms with van der Waals surface area (Å²) in [6, 6.07) is 1.81. The average Bonchev–Trinajstić information content (AvgIpc) is 3.24. The van der Waals surface area contributed by atoms with Gasteiger partial charge >= 0.3 is 0 Å². The molecule has 1 N–H and O–H groups in total. The molecule has 0 aromatic heterocycles. The maximum atomic E-state index is 10.6. The summed E-state index contributed by atoms with van der Waals surface area (Å²) in [5.41, 5.74) is 2.99. The first-order valence-electron chi connectivity index (χ1n) is 7.34. The number of ether oxygens (including phenoxy) is 1. The van der Waals surface area contributed by atoms with Crippen molar-refractivity contribution in [2.24, 2.45) is 0 Å². The van der Waals surface area contributed by atoms with Gasteiger partial charge in [-0.3, -0.25) is 4.79 Å². The third-order valence-electron chi connectivity index (χ3n) is 2.61. The van der Waals surface area contributed by atoms with E-state index >= 15 is 0 Å². The Morgan fingerprint density at radius 1 is 1.15 bits per heavy atom. The summed E-state index contributed by atoms with van der Waals surface area (Å²) in [7, 11) is 0. The predicted octanol–water partition coefficient (Wildman–Crippen LogP) is 4.59. The van der Waals surface area contributed by atoms with Crippen molar-refractivity contribution >= 4 is 6.29 Å². The quantitative estimate of drug-likeness (QED) is 0.605. The number of carbonyl (C=O) groups excluding carboxylic acids is 1. The first-order chi connectivity index (χ1) is 9.47. The molecule has 1 unspecified atom stereocenters. The van der Waals surface area contributed by atoms with E-state index in [1.807, 2.05) is 47.6 Å². The second kappa shape index (κ2) is 11.5. The third-order valence-corrected chi connectivity index (χ3v) is 2.61. The van der Waals surface area contributed by atoms with E-state index in [0.29, 0.717) is 17.2 Å². The lowest BCUT2D eigenvalue weighted by atomic mass is 10.00. The number of aldehydes is 1. The lowest BCUT2D eigenvalue weighted by molar-refractivity contribution is 0.112. The first kappa shape index (κ1) is 21.0. The SMILES string of the molecule is CC.CC.CC1CO1.Cc1cc(C)c(C=O)c(C)c1O. The van der Waals surface area contributed by atoms with Crippen molar-refractivity contribution in [2.45, 2.75) is 61.5 Å². The zero-order valence-electron chi connectivity index (χ0n) is 14.2. The van der Waals surface area contributed by atoms with Gasteiger partial charge in [0.2, 0.25) is 0 Å². The van der Waals surface area contributed by atoms with E-state index in [1.54, 1.807) is 6.92 Å². The molecule has 0 aliphatic carbocycles. The van der Waals surface area contributed by atoms with Crippen LogP contribution in [0.5, 0.6) is 5.75 Å². The molecule has 116 valence electrons. The van der Waals surface area contributed by atoms with Gasteiger partial charge in [0, 0.05) is 11.1 Å². The normalized spacial score (nSPS) is 14.5. The number of aromatic hydroxyl groups is 1. The van der Waals surface area contributed by atoms with Gasteiger partial charge in [0.05, 0.1) is 12.7 Å². The standard InChI is InChI=1S/C10H12O2.C3H6O.2C2H6/c1-6-4-7(2)10(12)8(3)9(6)5-11;1-3-2-4-3;2*1-2/h4-5,12H,1-3H3;3H,2H2,1H3;2*1-2H3. The fourth-order valence-corrected chi connectivity index (χ4v) is 1.47. The van der Waals surface area contributed by atoms with E-state index < -0.39 is 0 Å². The number of rotatable bonds is 1. The summed E-state index contributed by atoms with van der Waals surface area (Å²) in [6.45, 7) is 16.5. The monoisotopic (exact) mass is 282 g/mol. The predicted molar refractivity (Wildman–Crippen MR) is 85.8 cm³/mol. The fourth-order valence-electron chi connectivity index (χ4n) is 1.47. The minimum absolute atomic E-state index is 0.225. The number of hydrogen-bond donors (Lipinski definition) is 1. The lowest BCUT2D eigenvalue weighted by Gasteiger charge is -2.08. The van der Waals surface area contributed by atoms with Crippen LogP contribution >= 0.6 is 0 Å². The molecule has 1 aliphatic rings. The molecule has 1 fully saturated rings. The Labute approximate surface area is 124 Å². The minimum Gasteiger partial charge on any atom is -0.507 e. The molecule has 3 heteroatoms. The van der Waals surface area contributed by atoms with Crippen molar-refractivity contribution in [3.05, 3.63) is 28.3 Å². The maximum absolute atomic E-state index is 10.6. The van der Waals surface area contributed by atoms with Gasteiger partial charge in [-0.25, -0.2) is 0 Å². The van der Waals surface area contributed by atoms with Crippen molar-refractivity contribution in [3.63, 3.8) is 0 Å². The van der Waals surface area contributed by atoms with Gasteiger partial charge < -0.3 is 9.84 Å². The van der Waals surface area contributed by atoms with E-state index in [-0.39, 0.29) is 5.75 Å². The van der Waals surface area contributed by atoms with Crippen molar-refractivity contribution < 1.29 is 14.6 Å². The summed E-state index contributed by atoms with van der Waals surface area (Å²) in [5.74, 6) is 0.225. The molecule has 0 spiro atoms. The van der Waals surface area contributed by atoms with Crippen LogP contribution in [0.25, 0.3) is 0 Å². The van der Waals surface area contributed by atoms with Gasteiger partial charge in [0.1, 0.15) is 5.75 Å². The van der Waals surface area contributed by atoms with Crippen LogP contribution in [0, 0.1) is 20.8 Å². The number of hydrogen-bond acceptors (Lipinski definition) is 3. The van der Waals surface area contributed by atoms with Crippen LogP contribution in [0.2, 0.25) is 0 Å². The van der Waals surface area contributed by atoms with E-state index in [4.69, 9.17) is 4.74 Å². The zero-order chi connectivity index (χ0) is 16.3. The van der Waals surface area contributed by atoms with Crippen LogP contribution in [-0.4, -0.2) is 24.1 Å². The number of phenols is 1. The van der Waals surface area contributed by atoms with Crippen LogP contribution < -0.4 is 0 Å². The molecule has 1 aromatic carbocycles. The Morgan fingerprint density at radius 2 is 1.55 bits per heavy atom. The van der Waals surface area contributed by atoms with Gasteiger partial charge in [-0.05, 0) is 38.8 Å². The largest absolute Gasteiger partial charge is 0.507 e.